The van der Waals surface area contributed by atoms with Gasteiger partial charge in [-0.25, -0.2) is 0 Å². The van der Waals surface area contributed by atoms with Gasteiger partial charge in [0.15, 0.2) is 0 Å². The van der Waals surface area contributed by atoms with Gasteiger partial charge in [0.1, 0.15) is 0 Å². The smallest absolute Gasteiger partial charge is 0.0595 e. The quantitative estimate of drug-likeness (QED) is 0.776. The monoisotopic (exact) mass is 231 g/mol. The standard InChI is InChI=1S/C11H15Cl2N/c1-11(2,3)10(14)7-4-5-8(12)9(13)6-7/h4-6,10H,14H2,1-3H3/t10-/m0/s1. The fourth-order valence-corrected chi connectivity index (χ4v) is 1.51. The van der Waals surface area contributed by atoms with E-state index in [0.29, 0.717) is 10.0 Å². The van der Waals surface area contributed by atoms with Crippen molar-refractivity contribution >= 4 is 23.2 Å². The minimum absolute atomic E-state index is 0.0250. The van der Waals surface area contributed by atoms with E-state index in [4.69, 9.17) is 28.9 Å². The largest absolute Gasteiger partial charge is 0.324 e. The number of hydrogen-bond donors (Lipinski definition) is 1. The fourth-order valence-electron chi connectivity index (χ4n) is 1.21. The molecule has 0 fully saturated rings. The van der Waals surface area contributed by atoms with E-state index in [-0.39, 0.29) is 11.5 Å². The lowest BCUT2D eigenvalue weighted by Crippen LogP contribution is -2.26. The van der Waals surface area contributed by atoms with Gasteiger partial charge >= 0.3 is 0 Å². The predicted molar refractivity (Wildman–Crippen MR) is 62.8 cm³/mol. The molecule has 1 atom stereocenters. The Labute approximate surface area is 95.2 Å². The van der Waals surface area contributed by atoms with Gasteiger partial charge in [-0.05, 0) is 23.1 Å². The molecule has 1 nitrogen and oxygen atoms in total. The summed E-state index contributed by atoms with van der Waals surface area (Å²) in [6, 6.07) is 5.51. The highest BCUT2D eigenvalue weighted by molar-refractivity contribution is 6.42. The Balaban J connectivity index is 3.03. The third-order valence-corrected chi connectivity index (χ3v) is 2.97. The molecule has 0 amide bonds. The first kappa shape index (κ1) is 11.8. The van der Waals surface area contributed by atoms with Gasteiger partial charge in [0, 0.05) is 6.04 Å². The minimum atomic E-state index is -0.0303. The third-order valence-electron chi connectivity index (χ3n) is 2.24. The second-order valence-electron chi connectivity index (χ2n) is 4.52. The maximum Gasteiger partial charge on any atom is 0.0595 e. The molecule has 0 heterocycles. The Hall–Kier alpha value is -0.240. The first-order chi connectivity index (χ1) is 6.32. The topological polar surface area (TPSA) is 26.0 Å². The van der Waals surface area contributed by atoms with E-state index in [0.717, 1.165) is 5.56 Å². The maximum atomic E-state index is 6.09. The zero-order chi connectivity index (χ0) is 10.9. The van der Waals surface area contributed by atoms with E-state index < -0.39 is 0 Å². The Bertz CT molecular complexity index is 329. The van der Waals surface area contributed by atoms with E-state index in [9.17, 15) is 0 Å². The van der Waals surface area contributed by atoms with Crippen LogP contribution in [0.2, 0.25) is 10.0 Å². The molecule has 0 bridgehead atoms. The zero-order valence-corrected chi connectivity index (χ0v) is 10.2. The van der Waals surface area contributed by atoms with Crippen LogP contribution in [-0.2, 0) is 0 Å². The molecule has 0 saturated carbocycles. The molecule has 0 aliphatic heterocycles. The summed E-state index contributed by atoms with van der Waals surface area (Å²) in [5, 5.41) is 1.13. The van der Waals surface area contributed by atoms with Crippen LogP contribution < -0.4 is 5.73 Å². The van der Waals surface area contributed by atoms with Crippen LogP contribution in [-0.4, -0.2) is 0 Å². The zero-order valence-electron chi connectivity index (χ0n) is 8.64. The number of halogens is 2. The summed E-state index contributed by atoms with van der Waals surface area (Å²) < 4.78 is 0. The number of nitrogens with two attached hydrogens (primary N) is 1. The molecule has 1 aromatic rings. The normalized spacial score (nSPS) is 14.1. The molecule has 0 unspecified atom stereocenters. The highest BCUT2D eigenvalue weighted by Crippen LogP contribution is 2.33. The molecule has 0 aliphatic rings. The van der Waals surface area contributed by atoms with Crippen molar-refractivity contribution in [1.29, 1.82) is 0 Å². The lowest BCUT2D eigenvalue weighted by molar-refractivity contribution is 0.327. The summed E-state index contributed by atoms with van der Waals surface area (Å²) in [7, 11) is 0. The van der Waals surface area contributed by atoms with E-state index in [1.54, 1.807) is 6.07 Å². The van der Waals surface area contributed by atoms with Crippen LogP contribution in [0, 0.1) is 5.41 Å². The van der Waals surface area contributed by atoms with Crippen LogP contribution in [0.4, 0.5) is 0 Å². The Morgan fingerprint density at radius 1 is 1.14 bits per heavy atom. The van der Waals surface area contributed by atoms with E-state index in [1.165, 1.54) is 0 Å². The number of rotatable bonds is 1. The summed E-state index contributed by atoms with van der Waals surface area (Å²) in [4.78, 5) is 0. The fraction of sp³-hybridized carbons (Fsp3) is 0.455. The molecule has 3 heteroatoms. The van der Waals surface area contributed by atoms with Crippen molar-refractivity contribution in [2.45, 2.75) is 26.8 Å². The molecule has 0 radical (unpaired) electrons. The van der Waals surface area contributed by atoms with E-state index in [2.05, 4.69) is 20.8 Å². The summed E-state index contributed by atoms with van der Waals surface area (Å²) in [6.07, 6.45) is 0. The lowest BCUT2D eigenvalue weighted by atomic mass is 9.83. The van der Waals surface area contributed by atoms with Crippen LogP contribution in [0.3, 0.4) is 0 Å². The van der Waals surface area contributed by atoms with Crippen LogP contribution in [0.25, 0.3) is 0 Å². The van der Waals surface area contributed by atoms with Gasteiger partial charge in [-0.2, -0.15) is 0 Å². The Morgan fingerprint density at radius 2 is 1.71 bits per heavy atom. The van der Waals surface area contributed by atoms with Gasteiger partial charge < -0.3 is 5.73 Å². The highest BCUT2D eigenvalue weighted by atomic mass is 35.5. The summed E-state index contributed by atoms with van der Waals surface area (Å²) in [6.45, 7) is 6.29. The summed E-state index contributed by atoms with van der Waals surface area (Å²) >= 11 is 11.7. The molecule has 14 heavy (non-hydrogen) atoms. The molecule has 0 aromatic heterocycles. The van der Waals surface area contributed by atoms with Crippen molar-refractivity contribution < 1.29 is 0 Å². The van der Waals surface area contributed by atoms with Gasteiger partial charge in [0.05, 0.1) is 10.0 Å². The highest BCUT2D eigenvalue weighted by Gasteiger charge is 2.22. The second kappa shape index (κ2) is 4.09. The molecular weight excluding hydrogens is 217 g/mol. The van der Waals surface area contributed by atoms with E-state index >= 15 is 0 Å². The summed E-state index contributed by atoms with van der Waals surface area (Å²) in [5.74, 6) is 0. The molecule has 1 aromatic carbocycles. The summed E-state index contributed by atoms with van der Waals surface area (Å²) in [5.41, 5.74) is 7.13. The lowest BCUT2D eigenvalue weighted by Gasteiger charge is -2.27. The van der Waals surface area contributed by atoms with Gasteiger partial charge in [-0.1, -0.05) is 50.0 Å². The molecular formula is C11H15Cl2N. The molecule has 0 spiro atoms. The number of hydrogen-bond acceptors (Lipinski definition) is 1. The van der Waals surface area contributed by atoms with Crippen LogP contribution >= 0.6 is 23.2 Å². The Kier molecular flexibility index (Phi) is 3.46. The van der Waals surface area contributed by atoms with Crippen LogP contribution in [0.1, 0.15) is 32.4 Å². The molecule has 1 rings (SSSR count). The van der Waals surface area contributed by atoms with Crippen molar-refractivity contribution in [3.8, 4) is 0 Å². The van der Waals surface area contributed by atoms with Gasteiger partial charge in [-0.3, -0.25) is 0 Å². The molecule has 2 N–H and O–H groups in total. The van der Waals surface area contributed by atoms with Crippen LogP contribution in [0.5, 0.6) is 0 Å². The minimum Gasteiger partial charge on any atom is -0.324 e. The average Bonchev–Trinajstić information content (AvgIpc) is 2.07. The predicted octanol–water partition coefficient (Wildman–Crippen LogP) is 4.04. The first-order valence-corrected chi connectivity index (χ1v) is 5.28. The van der Waals surface area contributed by atoms with Crippen molar-refractivity contribution in [3.63, 3.8) is 0 Å². The first-order valence-electron chi connectivity index (χ1n) is 4.53. The van der Waals surface area contributed by atoms with Crippen LogP contribution in [0.15, 0.2) is 18.2 Å². The van der Waals surface area contributed by atoms with Crippen molar-refractivity contribution in [2.24, 2.45) is 11.1 Å². The van der Waals surface area contributed by atoms with Gasteiger partial charge in [-0.15, -0.1) is 0 Å². The van der Waals surface area contributed by atoms with Crippen molar-refractivity contribution in [2.75, 3.05) is 0 Å². The van der Waals surface area contributed by atoms with E-state index in [1.807, 2.05) is 12.1 Å². The number of benzene rings is 1. The second-order valence-corrected chi connectivity index (χ2v) is 5.33. The molecule has 0 aliphatic carbocycles. The van der Waals surface area contributed by atoms with Crippen molar-refractivity contribution in [1.82, 2.24) is 0 Å². The average molecular weight is 232 g/mol. The molecule has 0 saturated heterocycles. The Morgan fingerprint density at radius 3 is 2.14 bits per heavy atom. The van der Waals surface area contributed by atoms with Crippen molar-refractivity contribution in [3.05, 3.63) is 33.8 Å². The maximum absolute atomic E-state index is 6.09. The molecule has 78 valence electrons. The van der Waals surface area contributed by atoms with Gasteiger partial charge in [0.2, 0.25) is 0 Å². The third kappa shape index (κ3) is 2.63. The van der Waals surface area contributed by atoms with Gasteiger partial charge in [0.25, 0.3) is 0 Å². The SMILES string of the molecule is CC(C)(C)[C@@H](N)c1ccc(Cl)c(Cl)c1.